The van der Waals surface area contributed by atoms with Crippen LogP contribution < -0.4 is 0 Å². The van der Waals surface area contributed by atoms with Crippen molar-refractivity contribution >= 4 is 54.6 Å². The number of imidazole rings is 1. The lowest BCUT2D eigenvalue weighted by Gasteiger charge is -2.12. The van der Waals surface area contributed by atoms with Crippen molar-refractivity contribution in [3.8, 4) is 33.9 Å². The second-order valence-corrected chi connectivity index (χ2v) is 12.5. The van der Waals surface area contributed by atoms with Gasteiger partial charge in [0.1, 0.15) is 5.82 Å². The van der Waals surface area contributed by atoms with Crippen LogP contribution in [0.15, 0.2) is 164 Å². The minimum absolute atomic E-state index is 0.973. The summed E-state index contributed by atoms with van der Waals surface area (Å²) in [4.78, 5) is 4.97. The van der Waals surface area contributed by atoms with Crippen molar-refractivity contribution in [1.29, 1.82) is 0 Å². The third kappa shape index (κ3) is 3.93. The summed E-state index contributed by atoms with van der Waals surface area (Å²) < 4.78 is 7.02. The van der Waals surface area contributed by atoms with Crippen LogP contribution in [0.3, 0.4) is 0 Å². The van der Waals surface area contributed by atoms with Gasteiger partial charge in [-0.05, 0) is 71.8 Å². The van der Waals surface area contributed by atoms with E-state index in [1.54, 1.807) is 0 Å². The molecule has 0 N–H and O–H groups in total. The van der Waals surface area contributed by atoms with Crippen LogP contribution in [0.1, 0.15) is 0 Å². The Hall–Kier alpha value is -6.39. The van der Waals surface area contributed by atoms with Gasteiger partial charge < -0.3 is 13.7 Å². The summed E-state index contributed by atoms with van der Waals surface area (Å²) in [6, 6.07) is 58.9. The van der Waals surface area contributed by atoms with E-state index >= 15 is 0 Å². The summed E-state index contributed by atoms with van der Waals surface area (Å²) in [5, 5.41) is 5.03. The maximum atomic E-state index is 4.97. The van der Waals surface area contributed by atoms with E-state index in [2.05, 4.69) is 178 Å². The smallest absolute Gasteiger partial charge is 0.140 e. The molecule has 0 saturated heterocycles. The van der Waals surface area contributed by atoms with Gasteiger partial charge in [0.25, 0.3) is 0 Å². The van der Waals surface area contributed by atoms with Crippen LogP contribution in [0, 0.1) is 0 Å². The zero-order chi connectivity index (χ0) is 31.8. The first-order valence-corrected chi connectivity index (χ1v) is 16.4. The molecule has 48 heavy (non-hydrogen) atoms. The Kier molecular flexibility index (Phi) is 5.75. The average Bonchev–Trinajstić information content (AvgIpc) is 3.78. The maximum Gasteiger partial charge on any atom is 0.140 e. The maximum absolute atomic E-state index is 4.97. The van der Waals surface area contributed by atoms with E-state index < -0.39 is 0 Å². The van der Waals surface area contributed by atoms with Crippen LogP contribution in [0.2, 0.25) is 0 Å². The second kappa shape index (κ2) is 10.3. The summed E-state index contributed by atoms with van der Waals surface area (Å²) in [6.07, 6.45) is 0. The number of aromatic nitrogens is 4. The molecule has 0 aliphatic rings. The highest BCUT2D eigenvalue weighted by molar-refractivity contribution is 6.19. The molecule has 10 rings (SSSR count). The lowest BCUT2D eigenvalue weighted by Crippen LogP contribution is -1.96. The molecule has 3 aromatic heterocycles. The Morgan fingerprint density at radius 1 is 0.375 bits per heavy atom. The Labute approximate surface area is 277 Å². The van der Waals surface area contributed by atoms with Crippen molar-refractivity contribution in [3.05, 3.63) is 164 Å². The van der Waals surface area contributed by atoms with E-state index in [0.29, 0.717) is 0 Å². The molecule has 0 atom stereocenters. The molecule has 0 amide bonds. The number of nitrogens with zero attached hydrogens (tertiary/aromatic N) is 4. The molecule has 4 heteroatoms. The molecule has 10 aromatic rings. The Balaban J connectivity index is 1.19. The molecule has 0 aliphatic carbocycles. The van der Waals surface area contributed by atoms with Crippen LogP contribution in [0.4, 0.5) is 0 Å². The average molecular weight is 615 g/mol. The van der Waals surface area contributed by atoms with Gasteiger partial charge >= 0.3 is 0 Å². The molecule has 4 nitrogen and oxygen atoms in total. The summed E-state index contributed by atoms with van der Waals surface area (Å²) in [5.74, 6) is 0.973. The molecule has 7 aromatic carbocycles. The van der Waals surface area contributed by atoms with Crippen LogP contribution in [0.25, 0.3) is 88.5 Å². The monoisotopic (exact) mass is 614 g/mol. The molecule has 0 radical (unpaired) electrons. The Bertz CT molecular complexity index is 2830. The third-order valence-electron chi connectivity index (χ3n) is 9.83. The van der Waals surface area contributed by atoms with Gasteiger partial charge in [-0.3, -0.25) is 0 Å². The first-order chi connectivity index (χ1) is 23.7. The van der Waals surface area contributed by atoms with Gasteiger partial charge in [0.05, 0.1) is 33.1 Å². The van der Waals surface area contributed by atoms with E-state index in [9.17, 15) is 0 Å². The Morgan fingerprint density at radius 3 is 1.65 bits per heavy atom. The number of hydrogen-bond donors (Lipinski definition) is 0. The summed E-state index contributed by atoms with van der Waals surface area (Å²) >= 11 is 0. The van der Waals surface area contributed by atoms with Gasteiger partial charge in [0.15, 0.2) is 0 Å². The number of hydrogen-bond acceptors (Lipinski definition) is 1. The molecule has 0 saturated carbocycles. The van der Waals surface area contributed by atoms with Gasteiger partial charge in [-0.2, -0.15) is 0 Å². The zero-order valence-electron chi connectivity index (χ0n) is 26.4. The van der Waals surface area contributed by atoms with Crippen molar-refractivity contribution in [3.63, 3.8) is 0 Å². The van der Waals surface area contributed by atoms with Crippen LogP contribution in [-0.2, 0) is 7.05 Å². The van der Waals surface area contributed by atoms with Gasteiger partial charge in [0, 0.05) is 45.5 Å². The fourth-order valence-corrected chi connectivity index (χ4v) is 7.60. The molecule has 0 unspecified atom stereocenters. The Morgan fingerprint density at radius 2 is 0.938 bits per heavy atom. The number of benzene rings is 7. The van der Waals surface area contributed by atoms with Crippen LogP contribution >= 0.6 is 0 Å². The quantitative estimate of drug-likeness (QED) is 0.194. The predicted octanol–water partition coefficient (Wildman–Crippen LogP) is 11.1. The molecule has 226 valence electrons. The number of rotatable bonds is 4. The normalized spacial score (nSPS) is 11.9. The molecule has 0 spiro atoms. The first kappa shape index (κ1) is 26.8. The van der Waals surface area contributed by atoms with Crippen molar-refractivity contribution < 1.29 is 0 Å². The molecule has 0 bridgehead atoms. The standard InChI is InChI=1S/C44H30N4/c1-46-43-26-31(23-24-38(43)45-44(46)29-13-4-2-5-14-29)30-15-12-18-33(25-30)48-40-22-11-9-20-35(40)37-27-36-34-19-8-10-21-39(34)47(41(36)28-42(37)48)32-16-6-3-7-17-32/h2-28H,1H3. The molecular weight excluding hydrogens is 585 g/mol. The highest BCUT2D eigenvalue weighted by Gasteiger charge is 2.19. The van der Waals surface area contributed by atoms with Gasteiger partial charge in [0.2, 0.25) is 0 Å². The minimum Gasteiger partial charge on any atom is -0.327 e. The van der Waals surface area contributed by atoms with Gasteiger partial charge in [-0.25, -0.2) is 4.98 Å². The first-order valence-electron chi connectivity index (χ1n) is 16.4. The molecule has 0 aliphatic heterocycles. The van der Waals surface area contributed by atoms with Gasteiger partial charge in [-0.15, -0.1) is 0 Å². The van der Waals surface area contributed by atoms with E-state index in [4.69, 9.17) is 4.98 Å². The molecular formula is C44H30N4. The zero-order valence-corrected chi connectivity index (χ0v) is 26.4. The third-order valence-corrected chi connectivity index (χ3v) is 9.83. The lowest BCUT2D eigenvalue weighted by atomic mass is 10.0. The van der Waals surface area contributed by atoms with E-state index in [-0.39, 0.29) is 0 Å². The van der Waals surface area contributed by atoms with Crippen LogP contribution in [-0.4, -0.2) is 18.7 Å². The lowest BCUT2D eigenvalue weighted by molar-refractivity contribution is 0.959. The molecule has 3 heterocycles. The van der Waals surface area contributed by atoms with E-state index in [1.165, 1.54) is 54.7 Å². The van der Waals surface area contributed by atoms with E-state index in [0.717, 1.165) is 33.8 Å². The second-order valence-electron chi connectivity index (χ2n) is 12.5. The predicted molar refractivity (Wildman–Crippen MR) is 200 cm³/mol. The minimum atomic E-state index is 0.973. The van der Waals surface area contributed by atoms with Crippen molar-refractivity contribution in [2.75, 3.05) is 0 Å². The molecule has 0 fully saturated rings. The van der Waals surface area contributed by atoms with Crippen molar-refractivity contribution in [2.24, 2.45) is 7.05 Å². The number of aryl methyl sites for hydroxylation is 1. The topological polar surface area (TPSA) is 27.7 Å². The highest BCUT2D eigenvalue weighted by atomic mass is 15.1. The number of para-hydroxylation sites is 3. The summed E-state index contributed by atoms with van der Waals surface area (Å²) in [7, 11) is 2.10. The highest BCUT2D eigenvalue weighted by Crippen LogP contribution is 2.40. The van der Waals surface area contributed by atoms with E-state index in [1.807, 2.05) is 6.07 Å². The SMILES string of the molecule is Cn1c(-c2ccccc2)nc2ccc(-c3cccc(-n4c5ccccc5c5cc6c7ccccc7n(-c7ccccc7)c6cc54)c3)cc21. The fraction of sp³-hybridized carbons (Fsp3) is 0.0227. The summed E-state index contributed by atoms with van der Waals surface area (Å²) in [5.41, 5.74) is 12.7. The fourth-order valence-electron chi connectivity index (χ4n) is 7.60. The van der Waals surface area contributed by atoms with Gasteiger partial charge in [-0.1, -0.05) is 103 Å². The van der Waals surface area contributed by atoms with Crippen LogP contribution in [0.5, 0.6) is 0 Å². The number of fused-ring (bicyclic) bond motifs is 7. The largest absolute Gasteiger partial charge is 0.327 e. The summed E-state index contributed by atoms with van der Waals surface area (Å²) in [6.45, 7) is 0. The van der Waals surface area contributed by atoms with Crippen molar-refractivity contribution in [1.82, 2.24) is 18.7 Å². The van der Waals surface area contributed by atoms with Crippen molar-refractivity contribution in [2.45, 2.75) is 0 Å².